The smallest absolute Gasteiger partial charge is 0.135 e. The van der Waals surface area contributed by atoms with Crippen LogP contribution in [-0.4, -0.2) is 38.0 Å². The highest BCUT2D eigenvalue weighted by Crippen LogP contribution is 2.12. The highest BCUT2D eigenvalue weighted by molar-refractivity contribution is 5.78. The van der Waals surface area contributed by atoms with Crippen LogP contribution in [0.1, 0.15) is 26.7 Å². The molecule has 2 heterocycles. The van der Waals surface area contributed by atoms with Gasteiger partial charge >= 0.3 is 0 Å². The Kier molecular flexibility index (Phi) is 5.63. The number of carbonyl (C=O) groups excluding carboxylic acids is 2. The molecule has 92 valence electrons. The number of hydrogen-bond acceptors (Lipinski definition) is 4. The molecule has 16 heavy (non-hydrogen) atoms. The van der Waals surface area contributed by atoms with Gasteiger partial charge in [0.15, 0.2) is 0 Å². The van der Waals surface area contributed by atoms with Crippen LogP contribution in [0, 0.1) is 11.8 Å². The topological polar surface area (TPSA) is 52.6 Å². The van der Waals surface area contributed by atoms with Crippen LogP contribution in [0.2, 0.25) is 0 Å². The highest BCUT2D eigenvalue weighted by atomic mass is 16.5. The maximum Gasteiger partial charge on any atom is 0.135 e. The summed E-state index contributed by atoms with van der Waals surface area (Å²) in [4.78, 5) is 21.1. The molecule has 4 heteroatoms. The summed E-state index contributed by atoms with van der Waals surface area (Å²) in [7, 11) is 0. The first kappa shape index (κ1) is 13.3. The SMILES string of the molecule is CC(=O)C1CCOC1.CC(=O)C1CCOC1. The van der Waals surface area contributed by atoms with E-state index in [1.165, 1.54) is 0 Å². The molecule has 0 amide bonds. The summed E-state index contributed by atoms with van der Waals surface area (Å²) < 4.78 is 10.00. The van der Waals surface area contributed by atoms with Gasteiger partial charge in [0.2, 0.25) is 0 Å². The van der Waals surface area contributed by atoms with Gasteiger partial charge in [0.05, 0.1) is 13.2 Å². The van der Waals surface area contributed by atoms with E-state index in [0.29, 0.717) is 13.2 Å². The van der Waals surface area contributed by atoms with E-state index >= 15 is 0 Å². The van der Waals surface area contributed by atoms with Crippen LogP contribution in [-0.2, 0) is 19.1 Å². The summed E-state index contributed by atoms with van der Waals surface area (Å²) in [5.74, 6) is 0.940. The summed E-state index contributed by atoms with van der Waals surface area (Å²) in [5, 5.41) is 0. The van der Waals surface area contributed by atoms with Crippen molar-refractivity contribution in [2.75, 3.05) is 26.4 Å². The molecule has 0 N–H and O–H groups in total. The van der Waals surface area contributed by atoms with Crippen LogP contribution in [0.25, 0.3) is 0 Å². The second-order valence-electron chi connectivity index (χ2n) is 4.34. The minimum Gasteiger partial charge on any atom is -0.381 e. The van der Waals surface area contributed by atoms with E-state index in [4.69, 9.17) is 9.47 Å². The second-order valence-corrected chi connectivity index (χ2v) is 4.34. The standard InChI is InChI=1S/2C6H10O2/c2*1-5(7)6-2-3-8-4-6/h2*6H,2-4H2,1H3. The van der Waals surface area contributed by atoms with Crippen molar-refractivity contribution >= 4 is 11.6 Å². The number of carbonyl (C=O) groups is 2. The Hall–Kier alpha value is -0.740. The Morgan fingerprint density at radius 2 is 1.25 bits per heavy atom. The van der Waals surface area contributed by atoms with Gasteiger partial charge in [0.1, 0.15) is 11.6 Å². The number of ketones is 2. The first-order chi connectivity index (χ1) is 7.61. The molecule has 0 aromatic rings. The molecule has 2 fully saturated rings. The van der Waals surface area contributed by atoms with E-state index in [2.05, 4.69) is 0 Å². The van der Waals surface area contributed by atoms with Crippen LogP contribution in [0.15, 0.2) is 0 Å². The lowest BCUT2D eigenvalue weighted by Crippen LogP contribution is -2.09. The fourth-order valence-corrected chi connectivity index (χ4v) is 1.71. The lowest BCUT2D eigenvalue weighted by atomic mass is 10.1. The highest BCUT2D eigenvalue weighted by Gasteiger charge is 2.19. The number of hydrogen-bond donors (Lipinski definition) is 0. The van der Waals surface area contributed by atoms with Gasteiger partial charge in [-0.25, -0.2) is 0 Å². The first-order valence-electron chi connectivity index (χ1n) is 5.77. The van der Waals surface area contributed by atoms with Gasteiger partial charge in [0, 0.05) is 25.0 Å². The fourth-order valence-electron chi connectivity index (χ4n) is 1.71. The van der Waals surface area contributed by atoms with Crippen molar-refractivity contribution in [3.8, 4) is 0 Å². The van der Waals surface area contributed by atoms with Crippen molar-refractivity contribution in [2.45, 2.75) is 26.7 Å². The molecule has 0 spiro atoms. The molecule has 0 aliphatic carbocycles. The summed E-state index contributed by atoms with van der Waals surface area (Å²) in [6, 6.07) is 0. The maximum absolute atomic E-state index is 10.6. The predicted octanol–water partition coefficient (Wildman–Crippen LogP) is 1.22. The molecule has 2 aliphatic heterocycles. The van der Waals surface area contributed by atoms with Gasteiger partial charge < -0.3 is 9.47 Å². The molecule has 0 aromatic carbocycles. The molecule has 2 rings (SSSR count). The summed E-state index contributed by atoms with van der Waals surface area (Å²) >= 11 is 0. The van der Waals surface area contributed by atoms with E-state index in [0.717, 1.165) is 26.1 Å². The molecule has 2 saturated heterocycles. The van der Waals surface area contributed by atoms with Gasteiger partial charge in [0.25, 0.3) is 0 Å². The second kappa shape index (κ2) is 6.76. The Bertz CT molecular complexity index is 211. The quantitative estimate of drug-likeness (QED) is 0.713. The lowest BCUT2D eigenvalue weighted by Gasteiger charge is -1.97. The van der Waals surface area contributed by atoms with Crippen LogP contribution in [0.4, 0.5) is 0 Å². The third-order valence-corrected chi connectivity index (χ3v) is 3.01. The van der Waals surface area contributed by atoms with Crippen LogP contribution in [0.5, 0.6) is 0 Å². The molecule has 0 bridgehead atoms. The average molecular weight is 228 g/mol. The lowest BCUT2D eigenvalue weighted by molar-refractivity contribution is -0.121. The third-order valence-electron chi connectivity index (χ3n) is 3.01. The fraction of sp³-hybridized carbons (Fsp3) is 0.833. The van der Waals surface area contributed by atoms with Crippen molar-refractivity contribution in [1.29, 1.82) is 0 Å². The van der Waals surface area contributed by atoms with Crippen LogP contribution >= 0.6 is 0 Å². The third kappa shape index (κ3) is 4.41. The molecule has 2 atom stereocenters. The van der Waals surface area contributed by atoms with E-state index in [9.17, 15) is 9.59 Å². The molecule has 2 aliphatic rings. The molecule has 2 unspecified atom stereocenters. The van der Waals surface area contributed by atoms with Crippen LogP contribution < -0.4 is 0 Å². The molecule has 4 nitrogen and oxygen atoms in total. The van der Waals surface area contributed by atoms with E-state index < -0.39 is 0 Å². The molecule has 0 saturated carbocycles. The summed E-state index contributed by atoms with van der Waals surface area (Å²) in [6.07, 6.45) is 1.85. The zero-order chi connectivity index (χ0) is 12.0. The Labute approximate surface area is 96.3 Å². The predicted molar refractivity (Wildman–Crippen MR) is 59.2 cm³/mol. The van der Waals surface area contributed by atoms with E-state index in [-0.39, 0.29) is 23.4 Å². The van der Waals surface area contributed by atoms with Gasteiger partial charge in [-0.3, -0.25) is 9.59 Å². The monoisotopic (exact) mass is 228 g/mol. The van der Waals surface area contributed by atoms with Crippen molar-refractivity contribution < 1.29 is 19.1 Å². The van der Waals surface area contributed by atoms with Gasteiger partial charge in [-0.2, -0.15) is 0 Å². The van der Waals surface area contributed by atoms with Gasteiger partial charge in [-0.15, -0.1) is 0 Å². The van der Waals surface area contributed by atoms with Crippen molar-refractivity contribution in [3.63, 3.8) is 0 Å². The van der Waals surface area contributed by atoms with Crippen molar-refractivity contribution in [1.82, 2.24) is 0 Å². The zero-order valence-corrected chi connectivity index (χ0v) is 10.0. The normalized spacial score (nSPS) is 28.4. The van der Waals surface area contributed by atoms with Gasteiger partial charge in [-0.05, 0) is 26.7 Å². The van der Waals surface area contributed by atoms with Crippen LogP contribution in [0.3, 0.4) is 0 Å². The average Bonchev–Trinajstić information content (AvgIpc) is 2.93. The Morgan fingerprint density at radius 1 is 0.875 bits per heavy atom. The van der Waals surface area contributed by atoms with Gasteiger partial charge in [-0.1, -0.05) is 0 Å². The van der Waals surface area contributed by atoms with Crippen molar-refractivity contribution in [2.24, 2.45) is 11.8 Å². The molecular weight excluding hydrogens is 208 g/mol. The maximum atomic E-state index is 10.6. The Balaban J connectivity index is 0.000000160. The molecular formula is C12H20O4. The minimum absolute atomic E-state index is 0.204. The summed E-state index contributed by atoms with van der Waals surface area (Å²) in [5.41, 5.74) is 0. The minimum atomic E-state index is 0.204. The zero-order valence-electron chi connectivity index (χ0n) is 10.0. The Morgan fingerprint density at radius 3 is 1.38 bits per heavy atom. The number of ether oxygens (including phenoxy) is 2. The number of Topliss-reactive ketones (excluding diaryl/α,β-unsaturated/α-hetero) is 2. The van der Waals surface area contributed by atoms with Crippen molar-refractivity contribution in [3.05, 3.63) is 0 Å². The number of rotatable bonds is 2. The van der Waals surface area contributed by atoms with E-state index in [1.54, 1.807) is 13.8 Å². The summed E-state index contributed by atoms with van der Waals surface area (Å²) in [6.45, 7) is 6.08. The largest absolute Gasteiger partial charge is 0.381 e. The van der Waals surface area contributed by atoms with E-state index in [1.807, 2.05) is 0 Å². The molecule has 0 aromatic heterocycles. The molecule has 0 radical (unpaired) electrons. The first-order valence-corrected chi connectivity index (χ1v) is 5.77.